The van der Waals surface area contributed by atoms with Crippen LogP contribution < -0.4 is 9.47 Å². The summed E-state index contributed by atoms with van der Waals surface area (Å²) in [6, 6.07) is 13.5. The summed E-state index contributed by atoms with van der Waals surface area (Å²) in [6.45, 7) is 5.99. The van der Waals surface area contributed by atoms with Gasteiger partial charge in [0.2, 0.25) is 5.91 Å². The fourth-order valence-electron chi connectivity index (χ4n) is 6.33. The van der Waals surface area contributed by atoms with Gasteiger partial charge in [0.15, 0.2) is 0 Å². The Bertz CT molecular complexity index is 1170. The Hall–Kier alpha value is -3.10. The number of carbonyl (C=O) groups excluding carboxylic acids is 1. The molecule has 1 fully saturated rings. The maximum absolute atomic E-state index is 13.8. The summed E-state index contributed by atoms with van der Waals surface area (Å²) >= 11 is 0. The van der Waals surface area contributed by atoms with E-state index in [1.54, 1.807) is 7.11 Å². The molecule has 0 aliphatic carbocycles. The van der Waals surface area contributed by atoms with E-state index in [0.717, 1.165) is 79.9 Å². The number of carboxylic acid groups (broad SMARTS) is 1. The fourth-order valence-corrected chi connectivity index (χ4v) is 6.33. The molecule has 4 rings (SSSR count). The van der Waals surface area contributed by atoms with Crippen LogP contribution in [0.3, 0.4) is 0 Å². The highest BCUT2D eigenvalue weighted by atomic mass is 16.5. The number of unbranched alkanes of at least 4 members (excludes halogenated alkanes) is 2. The molecule has 8 heteroatoms. The Morgan fingerprint density at radius 2 is 1.83 bits per heavy atom. The van der Waals surface area contributed by atoms with Gasteiger partial charge in [-0.25, -0.2) is 0 Å². The molecule has 2 aliphatic rings. The molecule has 0 spiro atoms. The van der Waals surface area contributed by atoms with Gasteiger partial charge in [-0.15, -0.1) is 0 Å². The van der Waals surface area contributed by atoms with Gasteiger partial charge in [0.1, 0.15) is 11.5 Å². The molecule has 0 aromatic heterocycles. The first-order valence-electron chi connectivity index (χ1n) is 15.1. The molecule has 3 atom stereocenters. The molecule has 0 bridgehead atoms. The third-order valence-corrected chi connectivity index (χ3v) is 8.55. The first kappa shape index (κ1) is 30.8. The number of carboxylic acids is 1. The number of rotatable bonds is 15. The zero-order valence-electron chi connectivity index (χ0n) is 25.2. The topological polar surface area (TPSA) is 82.5 Å². The van der Waals surface area contributed by atoms with E-state index in [1.165, 1.54) is 0 Å². The van der Waals surface area contributed by atoms with E-state index in [-0.39, 0.29) is 24.4 Å². The molecule has 2 aliphatic heterocycles. The number of benzene rings is 2. The number of carbonyl (C=O) groups is 2. The predicted molar refractivity (Wildman–Crippen MR) is 161 cm³/mol. The van der Waals surface area contributed by atoms with Crippen LogP contribution in [0.2, 0.25) is 0 Å². The minimum atomic E-state index is -0.826. The summed E-state index contributed by atoms with van der Waals surface area (Å²) in [4.78, 5) is 33.0. The number of hydrogen-bond donors (Lipinski definition) is 1. The molecule has 1 amide bonds. The second kappa shape index (κ2) is 14.7. The molecular formula is C33H47N3O5. The van der Waals surface area contributed by atoms with Crippen LogP contribution in [0.25, 0.3) is 0 Å². The number of aliphatic carboxylic acids is 1. The molecule has 0 saturated carbocycles. The van der Waals surface area contributed by atoms with Crippen molar-refractivity contribution in [1.29, 1.82) is 0 Å². The third kappa shape index (κ3) is 7.80. The molecule has 1 N–H and O–H groups in total. The molecule has 1 saturated heterocycles. The first-order valence-corrected chi connectivity index (χ1v) is 15.1. The van der Waals surface area contributed by atoms with Gasteiger partial charge in [-0.05, 0) is 75.1 Å². The molecule has 41 heavy (non-hydrogen) atoms. The first-order chi connectivity index (χ1) is 19.8. The molecule has 8 nitrogen and oxygen atoms in total. The fraction of sp³-hybridized carbons (Fsp3) is 0.576. The molecule has 2 heterocycles. The molecule has 1 unspecified atom stereocenters. The van der Waals surface area contributed by atoms with Gasteiger partial charge in [-0.1, -0.05) is 43.7 Å². The second-order valence-corrected chi connectivity index (χ2v) is 11.7. The molecule has 0 radical (unpaired) electrons. The van der Waals surface area contributed by atoms with Gasteiger partial charge in [0.25, 0.3) is 0 Å². The van der Waals surface area contributed by atoms with Crippen LogP contribution in [0, 0.1) is 5.92 Å². The molecule has 2 aromatic rings. The predicted octanol–water partition coefficient (Wildman–Crippen LogP) is 4.31. The number of nitrogens with zero attached hydrogens (tertiary/aromatic N) is 3. The number of hydrogen-bond acceptors (Lipinski definition) is 6. The number of fused-ring (bicyclic) bond motifs is 1. The monoisotopic (exact) mass is 565 g/mol. The Balaban J connectivity index is 1.61. The van der Waals surface area contributed by atoms with E-state index in [0.29, 0.717) is 19.6 Å². The van der Waals surface area contributed by atoms with Crippen molar-refractivity contribution in [3.8, 4) is 11.5 Å². The van der Waals surface area contributed by atoms with E-state index >= 15 is 0 Å². The van der Waals surface area contributed by atoms with Crippen LogP contribution in [-0.4, -0.2) is 98.3 Å². The molecule has 224 valence electrons. The number of likely N-dealkylation sites (tertiary alicyclic amines) is 1. The highest BCUT2D eigenvalue weighted by Gasteiger charge is 2.47. The second-order valence-electron chi connectivity index (χ2n) is 11.7. The largest absolute Gasteiger partial charge is 0.496 e. The Labute approximate surface area is 245 Å². The van der Waals surface area contributed by atoms with Gasteiger partial charge >= 0.3 is 5.97 Å². The van der Waals surface area contributed by atoms with Gasteiger partial charge in [-0.2, -0.15) is 0 Å². The minimum absolute atomic E-state index is 0.0838. The van der Waals surface area contributed by atoms with Crippen LogP contribution in [0.5, 0.6) is 11.5 Å². The number of methoxy groups -OCH3 is 1. The number of amides is 1. The van der Waals surface area contributed by atoms with Gasteiger partial charge < -0.3 is 24.4 Å². The average Bonchev–Trinajstić information content (AvgIpc) is 3.57. The third-order valence-electron chi connectivity index (χ3n) is 8.55. The van der Waals surface area contributed by atoms with Crippen LogP contribution in [-0.2, 0) is 22.4 Å². The van der Waals surface area contributed by atoms with Crippen molar-refractivity contribution in [2.75, 3.05) is 60.5 Å². The van der Waals surface area contributed by atoms with Gasteiger partial charge in [0, 0.05) is 38.0 Å². The SMILES string of the molecule is CCCCN(CCCCN(C)C)C(=O)CN1C[C@H](c2ccc3c(c2)CCO3)C(C(=O)O)[C@@H]1Cc1ccccc1OC. The normalized spacial score (nSPS) is 20.2. The highest BCUT2D eigenvalue weighted by Crippen LogP contribution is 2.41. The van der Waals surface area contributed by atoms with Gasteiger partial charge in [0.05, 0.1) is 26.2 Å². The molecule has 2 aromatic carbocycles. The highest BCUT2D eigenvalue weighted by molar-refractivity contribution is 5.79. The van der Waals surface area contributed by atoms with Gasteiger partial charge in [-0.3, -0.25) is 14.5 Å². The lowest BCUT2D eigenvalue weighted by Gasteiger charge is -2.30. The van der Waals surface area contributed by atoms with Crippen LogP contribution in [0.1, 0.15) is 55.2 Å². The number of para-hydroxylation sites is 1. The average molecular weight is 566 g/mol. The van der Waals surface area contributed by atoms with Crippen molar-refractivity contribution in [2.24, 2.45) is 5.92 Å². The lowest BCUT2D eigenvalue weighted by Crippen LogP contribution is -2.45. The molecular weight excluding hydrogens is 518 g/mol. The maximum atomic E-state index is 13.8. The lowest BCUT2D eigenvalue weighted by molar-refractivity contribution is -0.143. The Morgan fingerprint density at radius 3 is 2.56 bits per heavy atom. The standard InChI is InChI=1S/C33H47N3O5/c1-5-6-17-35(18-10-9-16-34(2)3)31(37)23-36-22-27(24-13-14-30-26(20-24)15-19-41-30)32(33(38)39)28(36)21-25-11-7-8-12-29(25)40-4/h7-8,11-14,20,27-28,32H,5-6,9-10,15-19,21-23H2,1-4H3,(H,38,39)/t27-,28+,32?/m1/s1. The van der Waals surface area contributed by atoms with E-state index < -0.39 is 11.9 Å². The van der Waals surface area contributed by atoms with Crippen molar-refractivity contribution in [3.63, 3.8) is 0 Å². The Kier molecular flexibility index (Phi) is 11.1. The zero-order chi connectivity index (χ0) is 29.4. The quantitative estimate of drug-likeness (QED) is 0.322. The van der Waals surface area contributed by atoms with E-state index in [9.17, 15) is 14.7 Å². The summed E-state index contributed by atoms with van der Waals surface area (Å²) in [5.74, 6) is 0.00418. The van der Waals surface area contributed by atoms with Crippen LogP contribution in [0.15, 0.2) is 42.5 Å². The summed E-state index contributed by atoms with van der Waals surface area (Å²) < 4.78 is 11.3. The summed E-state index contributed by atoms with van der Waals surface area (Å²) in [5, 5.41) is 10.6. The van der Waals surface area contributed by atoms with Crippen LogP contribution >= 0.6 is 0 Å². The minimum Gasteiger partial charge on any atom is -0.496 e. The zero-order valence-corrected chi connectivity index (χ0v) is 25.2. The summed E-state index contributed by atoms with van der Waals surface area (Å²) in [6.07, 6.45) is 5.30. The van der Waals surface area contributed by atoms with Crippen molar-refractivity contribution in [3.05, 3.63) is 59.2 Å². The van der Waals surface area contributed by atoms with Crippen molar-refractivity contribution < 1.29 is 24.2 Å². The smallest absolute Gasteiger partial charge is 0.308 e. The number of ether oxygens (including phenoxy) is 2. The van der Waals surface area contributed by atoms with E-state index in [1.807, 2.05) is 41.3 Å². The van der Waals surface area contributed by atoms with Crippen molar-refractivity contribution in [1.82, 2.24) is 14.7 Å². The van der Waals surface area contributed by atoms with Crippen LogP contribution in [0.4, 0.5) is 0 Å². The lowest BCUT2D eigenvalue weighted by atomic mass is 9.82. The Morgan fingerprint density at radius 1 is 1.07 bits per heavy atom. The maximum Gasteiger partial charge on any atom is 0.308 e. The summed E-state index contributed by atoms with van der Waals surface area (Å²) in [5.41, 5.74) is 3.09. The summed E-state index contributed by atoms with van der Waals surface area (Å²) in [7, 11) is 5.78. The van der Waals surface area contributed by atoms with Crippen molar-refractivity contribution in [2.45, 2.75) is 57.4 Å². The van der Waals surface area contributed by atoms with E-state index in [2.05, 4.69) is 36.9 Å². The van der Waals surface area contributed by atoms with Crippen molar-refractivity contribution >= 4 is 11.9 Å². The van der Waals surface area contributed by atoms with E-state index in [4.69, 9.17) is 9.47 Å².